The van der Waals surface area contributed by atoms with Gasteiger partial charge in [0.2, 0.25) is 0 Å². The average Bonchev–Trinajstić information content (AvgIpc) is 2.75. The number of aromatic nitrogens is 2. The molecule has 0 unspecified atom stereocenters. The number of hydrogen-bond donors (Lipinski definition) is 2. The monoisotopic (exact) mass is 245 g/mol. The first-order valence-corrected chi connectivity index (χ1v) is 5.19. The molecule has 1 heterocycles. The zero-order chi connectivity index (χ0) is 13.1. The fourth-order valence-electron chi connectivity index (χ4n) is 1.48. The number of nitrogens with zero attached hydrogens (tertiary/aromatic N) is 2. The van der Waals surface area contributed by atoms with Crippen molar-refractivity contribution in [2.24, 2.45) is 7.05 Å². The maximum atomic E-state index is 11.9. The third-order valence-electron chi connectivity index (χ3n) is 2.33. The number of amides is 1. The molecule has 18 heavy (non-hydrogen) atoms. The molecule has 1 aromatic heterocycles. The van der Waals surface area contributed by atoms with Gasteiger partial charge in [-0.05, 0) is 18.2 Å². The molecule has 0 bridgehead atoms. The van der Waals surface area contributed by atoms with E-state index in [4.69, 9.17) is 5.11 Å². The van der Waals surface area contributed by atoms with Crippen LogP contribution in [0, 0.1) is 0 Å². The Morgan fingerprint density at radius 2 is 2.06 bits per heavy atom. The predicted octanol–water partition coefficient (Wildman–Crippen LogP) is 1.37. The molecule has 2 N–H and O–H groups in total. The Hall–Kier alpha value is -2.63. The fourth-order valence-corrected chi connectivity index (χ4v) is 1.48. The number of nitrogens with one attached hydrogen (secondary N) is 1. The summed E-state index contributed by atoms with van der Waals surface area (Å²) in [6, 6.07) is 5.84. The molecule has 0 saturated carbocycles. The molecular weight excluding hydrogens is 234 g/mol. The Kier molecular flexibility index (Phi) is 3.09. The van der Waals surface area contributed by atoms with Crippen LogP contribution in [0.2, 0.25) is 0 Å². The number of hydrogen-bond acceptors (Lipinski definition) is 3. The lowest BCUT2D eigenvalue weighted by Crippen LogP contribution is -2.12. The highest BCUT2D eigenvalue weighted by Crippen LogP contribution is 2.09. The van der Waals surface area contributed by atoms with Crippen LogP contribution in [0.4, 0.5) is 5.69 Å². The Bertz CT molecular complexity index is 604. The number of aromatic carboxylic acids is 1. The van der Waals surface area contributed by atoms with Gasteiger partial charge in [0, 0.05) is 18.8 Å². The van der Waals surface area contributed by atoms with E-state index in [1.165, 1.54) is 24.4 Å². The van der Waals surface area contributed by atoms with Gasteiger partial charge >= 0.3 is 5.97 Å². The van der Waals surface area contributed by atoms with E-state index in [2.05, 4.69) is 10.4 Å². The van der Waals surface area contributed by atoms with Crippen LogP contribution >= 0.6 is 0 Å². The molecule has 0 aliphatic carbocycles. The van der Waals surface area contributed by atoms with Crippen molar-refractivity contribution in [2.45, 2.75) is 0 Å². The first-order valence-electron chi connectivity index (χ1n) is 5.19. The number of benzene rings is 1. The van der Waals surface area contributed by atoms with Crippen molar-refractivity contribution in [2.75, 3.05) is 5.32 Å². The summed E-state index contributed by atoms with van der Waals surface area (Å²) in [5.41, 5.74) is 0.927. The van der Waals surface area contributed by atoms with E-state index >= 15 is 0 Å². The highest BCUT2D eigenvalue weighted by Gasteiger charge is 2.10. The molecule has 0 aliphatic rings. The lowest BCUT2D eigenvalue weighted by atomic mass is 10.1. The van der Waals surface area contributed by atoms with E-state index in [1.54, 1.807) is 24.0 Å². The molecule has 0 saturated heterocycles. The summed E-state index contributed by atoms with van der Waals surface area (Å²) in [4.78, 5) is 22.6. The molecule has 1 amide bonds. The van der Waals surface area contributed by atoms with Crippen molar-refractivity contribution >= 4 is 17.6 Å². The van der Waals surface area contributed by atoms with Crippen LogP contribution in [0.25, 0.3) is 0 Å². The first kappa shape index (κ1) is 11.8. The lowest BCUT2D eigenvalue weighted by Gasteiger charge is -2.03. The molecule has 0 atom stereocenters. The molecular formula is C12H11N3O3. The first-order chi connectivity index (χ1) is 8.56. The number of anilines is 1. The molecule has 1 aromatic carbocycles. The zero-order valence-corrected chi connectivity index (χ0v) is 9.62. The second-order valence-corrected chi connectivity index (χ2v) is 3.74. The molecule has 6 heteroatoms. The maximum Gasteiger partial charge on any atom is 0.335 e. The van der Waals surface area contributed by atoms with E-state index in [-0.39, 0.29) is 11.5 Å². The summed E-state index contributed by atoms with van der Waals surface area (Å²) < 4.78 is 1.56. The second kappa shape index (κ2) is 4.70. The molecule has 92 valence electrons. The minimum Gasteiger partial charge on any atom is -0.478 e. The van der Waals surface area contributed by atoms with Gasteiger partial charge in [-0.3, -0.25) is 9.48 Å². The molecule has 2 aromatic rings. The van der Waals surface area contributed by atoms with Crippen LogP contribution in [0.5, 0.6) is 0 Å². The minimum absolute atomic E-state index is 0.0776. The van der Waals surface area contributed by atoms with Gasteiger partial charge in [0.25, 0.3) is 5.91 Å². The van der Waals surface area contributed by atoms with Gasteiger partial charge in [0.15, 0.2) is 0 Å². The van der Waals surface area contributed by atoms with E-state index in [9.17, 15) is 9.59 Å². The molecule has 0 fully saturated rings. The Morgan fingerprint density at radius 3 is 2.67 bits per heavy atom. The van der Waals surface area contributed by atoms with E-state index in [0.29, 0.717) is 11.3 Å². The van der Waals surface area contributed by atoms with Gasteiger partial charge < -0.3 is 10.4 Å². The van der Waals surface area contributed by atoms with Gasteiger partial charge in [-0.2, -0.15) is 5.10 Å². The van der Waals surface area contributed by atoms with Gasteiger partial charge in [-0.1, -0.05) is 6.07 Å². The Labute approximate surface area is 103 Å². The van der Waals surface area contributed by atoms with E-state index in [1.807, 2.05) is 0 Å². The number of carboxylic acids is 1. The molecule has 0 spiro atoms. The van der Waals surface area contributed by atoms with Gasteiger partial charge in [-0.25, -0.2) is 4.79 Å². The summed E-state index contributed by atoms with van der Waals surface area (Å²) in [7, 11) is 1.74. The molecule has 6 nitrogen and oxygen atoms in total. The Morgan fingerprint density at radius 1 is 1.33 bits per heavy atom. The molecule has 2 rings (SSSR count). The van der Waals surface area contributed by atoms with Crippen molar-refractivity contribution in [3.63, 3.8) is 0 Å². The predicted molar refractivity (Wildman–Crippen MR) is 64.6 cm³/mol. The average molecular weight is 245 g/mol. The van der Waals surface area contributed by atoms with Gasteiger partial charge in [0.05, 0.1) is 17.4 Å². The summed E-state index contributed by atoms with van der Waals surface area (Å²) >= 11 is 0. The smallest absolute Gasteiger partial charge is 0.335 e. The summed E-state index contributed by atoms with van der Waals surface area (Å²) in [5, 5.41) is 15.4. The number of carboxylic acid groups (broad SMARTS) is 1. The Balaban J connectivity index is 2.18. The van der Waals surface area contributed by atoms with Crippen molar-refractivity contribution in [3.05, 3.63) is 47.8 Å². The zero-order valence-electron chi connectivity index (χ0n) is 9.62. The van der Waals surface area contributed by atoms with Crippen LogP contribution in [-0.2, 0) is 7.05 Å². The number of carbonyl (C=O) groups excluding carboxylic acids is 1. The highest BCUT2D eigenvalue weighted by molar-refractivity contribution is 6.05. The second-order valence-electron chi connectivity index (χ2n) is 3.74. The molecule has 0 aliphatic heterocycles. The topological polar surface area (TPSA) is 84.2 Å². The lowest BCUT2D eigenvalue weighted by molar-refractivity contribution is 0.0697. The van der Waals surface area contributed by atoms with Gasteiger partial charge in [-0.15, -0.1) is 0 Å². The van der Waals surface area contributed by atoms with E-state index in [0.717, 1.165) is 0 Å². The summed E-state index contributed by atoms with van der Waals surface area (Å²) in [5.74, 6) is -1.43. The largest absolute Gasteiger partial charge is 0.478 e. The van der Waals surface area contributed by atoms with Crippen LogP contribution in [0.3, 0.4) is 0 Å². The molecule has 0 radical (unpaired) electrons. The van der Waals surface area contributed by atoms with Gasteiger partial charge in [0.1, 0.15) is 0 Å². The van der Waals surface area contributed by atoms with Crippen molar-refractivity contribution in [1.82, 2.24) is 9.78 Å². The van der Waals surface area contributed by atoms with Crippen LogP contribution in [-0.4, -0.2) is 26.8 Å². The minimum atomic E-state index is -1.06. The normalized spacial score (nSPS) is 10.1. The maximum absolute atomic E-state index is 11.9. The summed E-state index contributed by atoms with van der Waals surface area (Å²) in [6.45, 7) is 0. The van der Waals surface area contributed by atoms with Crippen LogP contribution in [0.15, 0.2) is 36.7 Å². The van der Waals surface area contributed by atoms with Crippen LogP contribution in [0.1, 0.15) is 20.7 Å². The standard InChI is InChI=1S/C12H11N3O3/c1-15-7-10(6-13-15)14-11(16)8-3-2-4-9(5-8)12(17)18/h2-7H,1H3,(H,14,16)(H,17,18). The third kappa shape index (κ3) is 2.54. The van der Waals surface area contributed by atoms with Crippen molar-refractivity contribution < 1.29 is 14.7 Å². The number of aryl methyl sites for hydroxylation is 1. The third-order valence-corrected chi connectivity index (χ3v) is 2.33. The fraction of sp³-hybridized carbons (Fsp3) is 0.0833. The highest BCUT2D eigenvalue weighted by atomic mass is 16.4. The number of rotatable bonds is 3. The SMILES string of the molecule is Cn1cc(NC(=O)c2cccc(C(=O)O)c2)cn1. The van der Waals surface area contributed by atoms with E-state index < -0.39 is 5.97 Å². The quantitative estimate of drug-likeness (QED) is 0.855. The number of carbonyl (C=O) groups is 2. The van der Waals surface area contributed by atoms with Crippen LogP contribution < -0.4 is 5.32 Å². The summed E-state index contributed by atoms with van der Waals surface area (Å²) in [6.07, 6.45) is 3.16. The van der Waals surface area contributed by atoms with Crippen molar-refractivity contribution in [1.29, 1.82) is 0 Å². The van der Waals surface area contributed by atoms with Crippen molar-refractivity contribution in [3.8, 4) is 0 Å².